The molecule has 2 aromatic rings. The Morgan fingerprint density at radius 2 is 1.74 bits per heavy atom. The van der Waals surface area contributed by atoms with Crippen LogP contribution in [0.1, 0.15) is 11.1 Å². The first-order chi connectivity index (χ1) is 9.31. The maximum atomic E-state index is 4.16. The number of hydrazine groups is 1. The van der Waals surface area contributed by atoms with E-state index < -0.39 is 0 Å². The molecule has 4 heteroatoms. The van der Waals surface area contributed by atoms with Crippen molar-refractivity contribution >= 4 is 16.7 Å². The number of rotatable bonds is 1. The molecule has 98 valence electrons. The monoisotopic (exact) mass is 254 g/mol. The summed E-state index contributed by atoms with van der Waals surface area (Å²) in [5.41, 5.74) is 6.03. The Morgan fingerprint density at radius 3 is 2.26 bits per heavy atom. The van der Waals surface area contributed by atoms with Crippen LogP contribution in [-0.4, -0.2) is 25.1 Å². The molecule has 0 saturated carbocycles. The molecule has 0 radical (unpaired) electrons. The first kappa shape index (κ1) is 12.0. The van der Waals surface area contributed by atoms with Gasteiger partial charge in [-0.15, -0.1) is 0 Å². The van der Waals surface area contributed by atoms with Gasteiger partial charge in [-0.2, -0.15) is 0 Å². The average Bonchev–Trinajstić information content (AvgIpc) is 2.45. The lowest BCUT2D eigenvalue weighted by atomic mass is 9.96. The third kappa shape index (κ3) is 2.15. The van der Waals surface area contributed by atoms with E-state index in [1.807, 2.05) is 7.05 Å². The number of aliphatic imine (C=N–C) groups is 1. The van der Waals surface area contributed by atoms with Gasteiger partial charge in [-0.05, 0) is 21.9 Å². The van der Waals surface area contributed by atoms with Crippen LogP contribution in [0.4, 0.5) is 0 Å². The van der Waals surface area contributed by atoms with Crippen LogP contribution >= 0.6 is 0 Å². The molecule has 0 bridgehead atoms. The lowest BCUT2D eigenvalue weighted by Gasteiger charge is -2.30. The minimum atomic E-state index is 0.784. The Bertz CT molecular complexity index is 592. The van der Waals surface area contributed by atoms with Gasteiger partial charge in [0.25, 0.3) is 0 Å². The quantitative estimate of drug-likeness (QED) is 0.603. The van der Waals surface area contributed by atoms with E-state index in [2.05, 4.69) is 57.1 Å². The standard InChI is InChI=1S/C15H18N4/c1-16-15(17-2)18-19-9-12-7-3-5-11-6-4-8-13(10-19)14(11)12/h3-8H,9-10H2,1-2H3,(H2,16,17,18). The minimum absolute atomic E-state index is 0.784. The van der Waals surface area contributed by atoms with Gasteiger partial charge in [0.05, 0.1) is 0 Å². The van der Waals surface area contributed by atoms with Gasteiger partial charge in [0.1, 0.15) is 0 Å². The minimum Gasteiger partial charge on any atom is -0.358 e. The van der Waals surface area contributed by atoms with E-state index in [0.29, 0.717) is 0 Å². The van der Waals surface area contributed by atoms with E-state index in [1.54, 1.807) is 7.05 Å². The molecule has 2 N–H and O–H groups in total. The van der Waals surface area contributed by atoms with Crippen molar-refractivity contribution in [3.05, 3.63) is 47.5 Å². The molecule has 2 aromatic carbocycles. The van der Waals surface area contributed by atoms with Crippen molar-refractivity contribution in [3.63, 3.8) is 0 Å². The van der Waals surface area contributed by atoms with Crippen LogP contribution < -0.4 is 10.7 Å². The lowest BCUT2D eigenvalue weighted by molar-refractivity contribution is 0.209. The van der Waals surface area contributed by atoms with Crippen LogP contribution in [0.2, 0.25) is 0 Å². The number of nitrogens with zero attached hydrogens (tertiary/aromatic N) is 2. The highest BCUT2D eigenvalue weighted by Crippen LogP contribution is 2.28. The SMILES string of the molecule is CN=C(NC)NN1Cc2cccc3cccc(c23)C1. The highest BCUT2D eigenvalue weighted by molar-refractivity contribution is 5.89. The van der Waals surface area contributed by atoms with Crippen LogP contribution in [0.25, 0.3) is 10.8 Å². The first-order valence-corrected chi connectivity index (χ1v) is 6.47. The van der Waals surface area contributed by atoms with Crippen molar-refractivity contribution in [1.82, 2.24) is 15.8 Å². The molecule has 0 saturated heterocycles. The number of nitrogens with one attached hydrogen (secondary N) is 2. The Hall–Kier alpha value is -2.07. The summed E-state index contributed by atoms with van der Waals surface area (Å²) in [7, 11) is 3.64. The van der Waals surface area contributed by atoms with Gasteiger partial charge in [0.2, 0.25) is 5.96 Å². The van der Waals surface area contributed by atoms with Crippen LogP contribution in [0.3, 0.4) is 0 Å². The molecule has 4 nitrogen and oxygen atoms in total. The average molecular weight is 254 g/mol. The predicted molar refractivity (Wildman–Crippen MR) is 78.7 cm³/mol. The highest BCUT2D eigenvalue weighted by Gasteiger charge is 2.18. The zero-order valence-corrected chi connectivity index (χ0v) is 11.3. The van der Waals surface area contributed by atoms with Crippen molar-refractivity contribution in [3.8, 4) is 0 Å². The lowest BCUT2D eigenvalue weighted by Crippen LogP contribution is -2.47. The summed E-state index contributed by atoms with van der Waals surface area (Å²) in [4.78, 5) is 4.16. The zero-order chi connectivity index (χ0) is 13.2. The first-order valence-electron chi connectivity index (χ1n) is 6.47. The topological polar surface area (TPSA) is 39.7 Å². The molecule has 1 heterocycles. The van der Waals surface area contributed by atoms with Crippen LogP contribution in [-0.2, 0) is 13.1 Å². The van der Waals surface area contributed by atoms with E-state index in [9.17, 15) is 0 Å². The molecule has 1 aliphatic rings. The van der Waals surface area contributed by atoms with Gasteiger partial charge in [-0.1, -0.05) is 36.4 Å². The summed E-state index contributed by atoms with van der Waals surface area (Å²) >= 11 is 0. The van der Waals surface area contributed by atoms with E-state index in [0.717, 1.165) is 19.0 Å². The Morgan fingerprint density at radius 1 is 1.11 bits per heavy atom. The molecule has 0 spiro atoms. The third-order valence-corrected chi connectivity index (χ3v) is 3.52. The smallest absolute Gasteiger partial charge is 0.205 e. The largest absolute Gasteiger partial charge is 0.358 e. The number of hydrogen-bond donors (Lipinski definition) is 2. The summed E-state index contributed by atoms with van der Waals surface area (Å²) in [6.07, 6.45) is 0. The maximum Gasteiger partial charge on any atom is 0.205 e. The summed E-state index contributed by atoms with van der Waals surface area (Å²) in [6, 6.07) is 13.0. The number of guanidine groups is 1. The summed E-state index contributed by atoms with van der Waals surface area (Å²) in [6.45, 7) is 1.77. The molecule has 0 aromatic heterocycles. The van der Waals surface area contributed by atoms with E-state index in [1.165, 1.54) is 21.9 Å². The summed E-state index contributed by atoms with van der Waals surface area (Å²) < 4.78 is 0. The third-order valence-electron chi connectivity index (χ3n) is 3.52. The summed E-state index contributed by atoms with van der Waals surface area (Å²) in [5.74, 6) is 0.784. The molecule has 1 aliphatic heterocycles. The highest BCUT2D eigenvalue weighted by atomic mass is 15.5. The van der Waals surface area contributed by atoms with E-state index in [-0.39, 0.29) is 0 Å². The van der Waals surface area contributed by atoms with Gasteiger partial charge >= 0.3 is 0 Å². The Kier molecular flexibility index (Phi) is 3.09. The molecular weight excluding hydrogens is 236 g/mol. The molecule has 0 amide bonds. The molecule has 3 rings (SSSR count). The van der Waals surface area contributed by atoms with Gasteiger partial charge in [-0.3, -0.25) is 10.4 Å². The fourth-order valence-electron chi connectivity index (χ4n) is 2.68. The molecular formula is C15H18N4. The molecule has 0 unspecified atom stereocenters. The van der Waals surface area contributed by atoms with Crippen molar-refractivity contribution in [2.24, 2.45) is 4.99 Å². The normalized spacial score (nSPS) is 15.6. The second-order valence-corrected chi connectivity index (χ2v) is 4.72. The van der Waals surface area contributed by atoms with Crippen LogP contribution in [0.15, 0.2) is 41.4 Å². The van der Waals surface area contributed by atoms with E-state index >= 15 is 0 Å². The second kappa shape index (κ2) is 4.90. The maximum absolute atomic E-state index is 4.16. The van der Waals surface area contributed by atoms with Crippen molar-refractivity contribution < 1.29 is 0 Å². The number of benzene rings is 2. The second-order valence-electron chi connectivity index (χ2n) is 4.72. The summed E-state index contributed by atoms with van der Waals surface area (Å²) in [5, 5.41) is 7.95. The van der Waals surface area contributed by atoms with E-state index in [4.69, 9.17) is 0 Å². The van der Waals surface area contributed by atoms with Gasteiger partial charge < -0.3 is 5.32 Å². The zero-order valence-electron chi connectivity index (χ0n) is 11.3. The fourth-order valence-corrected chi connectivity index (χ4v) is 2.68. The van der Waals surface area contributed by atoms with Gasteiger partial charge in [0.15, 0.2) is 0 Å². The van der Waals surface area contributed by atoms with Crippen molar-refractivity contribution in [2.45, 2.75) is 13.1 Å². The molecule has 0 fully saturated rings. The predicted octanol–water partition coefficient (Wildman–Crippen LogP) is 1.87. The van der Waals surface area contributed by atoms with Gasteiger partial charge in [0, 0.05) is 27.2 Å². The molecule has 0 aliphatic carbocycles. The Labute approximate surface area is 113 Å². The van der Waals surface area contributed by atoms with Crippen molar-refractivity contribution in [2.75, 3.05) is 14.1 Å². The fraction of sp³-hybridized carbons (Fsp3) is 0.267. The molecule has 19 heavy (non-hydrogen) atoms. The van der Waals surface area contributed by atoms with Gasteiger partial charge in [-0.25, -0.2) is 5.01 Å². The number of hydrogen-bond acceptors (Lipinski definition) is 2. The van der Waals surface area contributed by atoms with Crippen molar-refractivity contribution in [1.29, 1.82) is 0 Å². The Balaban J connectivity index is 1.95. The molecule has 0 atom stereocenters. The van der Waals surface area contributed by atoms with Crippen LogP contribution in [0, 0.1) is 0 Å². The van der Waals surface area contributed by atoms with Crippen LogP contribution in [0.5, 0.6) is 0 Å².